The van der Waals surface area contributed by atoms with E-state index in [0.717, 1.165) is 6.42 Å². The van der Waals surface area contributed by atoms with E-state index < -0.39 is 8.32 Å². The van der Waals surface area contributed by atoms with Crippen molar-refractivity contribution < 1.29 is 9.53 Å². The van der Waals surface area contributed by atoms with Crippen molar-refractivity contribution in [1.82, 2.24) is 0 Å². The molecule has 34 heavy (non-hydrogen) atoms. The molecule has 2 nitrogen and oxygen atoms in total. The van der Waals surface area contributed by atoms with E-state index in [1.54, 1.807) is 0 Å². The van der Waals surface area contributed by atoms with Crippen LogP contribution in [-0.4, -0.2) is 41.1 Å². The molecule has 0 spiro atoms. The molecule has 0 aliphatic rings. The van der Waals surface area contributed by atoms with Crippen molar-refractivity contribution in [3.05, 3.63) is 30.3 Å². The minimum atomic E-state index is -1.83. The van der Waals surface area contributed by atoms with Crippen LogP contribution < -0.4 is 4.46 Å². The first-order chi connectivity index (χ1) is 16.2. The average molecular weight is 556 g/mol. The van der Waals surface area contributed by atoms with Crippen LogP contribution in [0.25, 0.3) is 0 Å². The maximum atomic E-state index is 11.1. The summed E-state index contributed by atoms with van der Waals surface area (Å²) in [5.74, 6) is 0. The fourth-order valence-corrected chi connectivity index (χ4v) is 7.49. The van der Waals surface area contributed by atoms with Gasteiger partial charge in [-0.2, -0.15) is 0 Å². The molecule has 0 fully saturated rings. The molecule has 198 valence electrons. The summed E-state index contributed by atoms with van der Waals surface area (Å²) in [5, 5.41) is 11.3. The monoisotopic (exact) mass is 556 g/mol. The number of unbranched alkanes of at least 4 members (excludes halogenated alkanes) is 12. The van der Waals surface area contributed by atoms with Gasteiger partial charge in [0, 0.05) is 0 Å². The molecule has 0 aliphatic heterocycles. The molecule has 0 radical (unpaired) electrons. The van der Waals surface area contributed by atoms with Gasteiger partial charge < -0.3 is 0 Å². The first kappa shape index (κ1) is 31.9. The molecule has 2 atom stereocenters. The number of hydrogen-bond donors (Lipinski definition) is 1. The molecule has 1 aromatic rings. The summed E-state index contributed by atoms with van der Waals surface area (Å²) < 4.78 is 7.78. The van der Waals surface area contributed by atoms with Crippen LogP contribution in [0.3, 0.4) is 0 Å². The van der Waals surface area contributed by atoms with Gasteiger partial charge in [0.2, 0.25) is 0 Å². The van der Waals surface area contributed by atoms with E-state index in [1.165, 1.54) is 87.9 Å². The molecule has 0 saturated carbocycles. The van der Waals surface area contributed by atoms with Crippen LogP contribution in [-0.2, 0) is 4.43 Å². The Morgan fingerprint density at radius 2 is 1.26 bits per heavy atom. The quantitative estimate of drug-likeness (QED) is 0.129. The molecule has 1 N–H and O–H groups in total. The molecule has 0 aliphatic carbocycles. The third kappa shape index (κ3) is 14.4. The molecule has 4 heteroatoms. The number of rotatable bonds is 20. The van der Waals surface area contributed by atoms with Crippen molar-refractivity contribution >= 4 is 27.7 Å². The molecular formula is C30H56O2SeSi. The molecule has 0 amide bonds. The van der Waals surface area contributed by atoms with Crippen molar-refractivity contribution in [3.8, 4) is 0 Å². The Morgan fingerprint density at radius 3 is 1.74 bits per heavy atom. The van der Waals surface area contributed by atoms with E-state index >= 15 is 0 Å². The van der Waals surface area contributed by atoms with Gasteiger partial charge in [0.25, 0.3) is 0 Å². The molecule has 0 aromatic heterocycles. The second kappa shape index (κ2) is 18.2. The van der Waals surface area contributed by atoms with E-state index in [4.69, 9.17) is 4.43 Å². The van der Waals surface area contributed by atoms with E-state index in [9.17, 15) is 5.11 Å². The first-order valence-electron chi connectivity index (χ1n) is 14.2. The zero-order valence-electron chi connectivity index (χ0n) is 23.4. The first-order valence-corrected chi connectivity index (χ1v) is 19.0. The zero-order chi connectivity index (χ0) is 25.3. The second-order valence-corrected chi connectivity index (χ2v) is 19.2. The normalized spacial score (nSPS) is 14.3. The zero-order valence-corrected chi connectivity index (χ0v) is 26.1. The molecule has 1 aromatic carbocycles. The Kier molecular flexibility index (Phi) is 17.1. The summed E-state index contributed by atoms with van der Waals surface area (Å²) in [6, 6.07) is 10.8. The van der Waals surface area contributed by atoms with Crippen LogP contribution >= 0.6 is 0 Å². The molecular weight excluding hydrogens is 499 g/mol. The van der Waals surface area contributed by atoms with Crippen molar-refractivity contribution in [3.63, 3.8) is 0 Å². The van der Waals surface area contributed by atoms with Crippen molar-refractivity contribution in [2.75, 3.05) is 6.61 Å². The molecule has 0 saturated heterocycles. The van der Waals surface area contributed by atoms with E-state index in [-0.39, 0.29) is 26.1 Å². The Bertz CT molecular complexity index is 600. The molecule has 0 bridgehead atoms. The average Bonchev–Trinajstić information content (AvgIpc) is 2.79. The van der Waals surface area contributed by atoms with Gasteiger partial charge in [0.1, 0.15) is 0 Å². The number of benzene rings is 1. The predicted molar refractivity (Wildman–Crippen MR) is 155 cm³/mol. The van der Waals surface area contributed by atoms with E-state index in [2.05, 4.69) is 71.1 Å². The van der Waals surface area contributed by atoms with Crippen LogP contribution in [0.15, 0.2) is 30.3 Å². The number of hydrogen-bond acceptors (Lipinski definition) is 2. The number of aliphatic hydroxyl groups is 1. The van der Waals surface area contributed by atoms with Gasteiger partial charge >= 0.3 is 195 Å². The fraction of sp³-hybridized carbons (Fsp3) is 0.800. The summed E-state index contributed by atoms with van der Waals surface area (Å²) in [7, 11) is -1.83. The minimum absolute atomic E-state index is 0.182. The van der Waals surface area contributed by atoms with Gasteiger partial charge in [-0.05, 0) is 0 Å². The summed E-state index contributed by atoms with van der Waals surface area (Å²) in [4.78, 5) is 0.340. The molecule has 0 heterocycles. The van der Waals surface area contributed by atoms with Crippen LogP contribution in [0, 0.1) is 0 Å². The Morgan fingerprint density at radius 1 is 0.794 bits per heavy atom. The maximum absolute atomic E-state index is 11.1. The summed E-state index contributed by atoms with van der Waals surface area (Å²) in [5.41, 5.74) is 0. The van der Waals surface area contributed by atoms with Gasteiger partial charge in [-0.25, -0.2) is 0 Å². The van der Waals surface area contributed by atoms with Crippen LogP contribution in [0.5, 0.6) is 0 Å². The Hall–Kier alpha value is -0.124. The van der Waals surface area contributed by atoms with E-state index in [1.807, 2.05) is 0 Å². The van der Waals surface area contributed by atoms with Gasteiger partial charge in [-0.1, -0.05) is 26.2 Å². The summed E-state index contributed by atoms with van der Waals surface area (Å²) in [6.07, 6.45) is 18.7. The van der Waals surface area contributed by atoms with Crippen molar-refractivity contribution in [2.24, 2.45) is 0 Å². The van der Waals surface area contributed by atoms with Crippen LogP contribution in [0.4, 0.5) is 0 Å². The predicted octanol–water partition coefficient (Wildman–Crippen LogP) is 8.67. The van der Waals surface area contributed by atoms with Gasteiger partial charge in [0.05, 0.1) is 0 Å². The van der Waals surface area contributed by atoms with E-state index in [0.29, 0.717) is 11.4 Å². The van der Waals surface area contributed by atoms with Gasteiger partial charge in [-0.3, -0.25) is 0 Å². The van der Waals surface area contributed by atoms with Crippen molar-refractivity contribution in [1.29, 1.82) is 0 Å². The summed E-state index contributed by atoms with van der Waals surface area (Å²) >= 11 is 0.286. The van der Waals surface area contributed by atoms with Crippen LogP contribution in [0.1, 0.15) is 118 Å². The topological polar surface area (TPSA) is 29.5 Å². The van der Waals surface area contributed by atoms with Crippen LogP contribution in [0.2, 0.25) is 22.9 Å². The standard InChI is InChI=1S/C30H56O2SeSi/c1-7-8-9-10-11-12-13-14-15-16-17-18-22-25-29(33-27-23-20-19-21-24-27)28(31)26-32-34(5,6)30(2,3)4/h19-21,23-24,28-29,31H,7-18,22,25-26H2,1-6H3/t28-,29+/m0/s1. The Balaban J connectivity index is 2.32. The van der Waals surface area contributed by atoms with Gasteiger partial charge in [-0.15, -0.1) is 0 Å². The third-order valence-corrected chi connectivity index (χ3v) is 14.9. The second-order valence-electron chi connectivity index (χ2n) is 11.6. The Labute approximate surface area is 220 Å². The number of aliphatic hydroxyl groups excluding tert-OH is 1. The molecule has 0 unspecified atom stereocenters. The molecule has 1 rings (SSSR count). The third-order valence-electron chi connectivity index (χ3n) is 7.47. The SMILES string of the molecule is CCCCCCCCCCCCCCC[C@@H]([Se]c1ccccc1)[C@@H](O)CO[Si](C)(C)C(C)(C)C. The summed E-state index contributed by atoms with van der Waals surface area (Å²) in [6.45, 7) is 14.2. The van der Waals surface area contributed by atoms with Crippen molar-refractivity contribution in [2.45, 2.75) is 147 Å². The fourth-order valence-electron chi connectivity index (χ4n) is 3.98. The van der Waals surface area contributed by atoms with Gasteiger partial charge in [0.15, 0.2) is 0 Å².